The van der Waals surface area contributed by atoms with E-state index in [0.29, 0.717) is 18.9 Å². The number of rotatable bonds is 6. The highest BCUT2D eigenvalue weighted by atomic mass is 16.2. The van der Waals surface area contributed by atoms with Crippen LogP contribution >= 0.6 is 0 Å². The first-order valence-corrected chi connectivity index (χ1v) is 6.71. The van der Waals surface area contributed by atoms with Crippen LogP contribution in [0.2, 0.25) is 0 Å². The molecule has 3 heteroatoms. The van der Waals surface area contributed by atoms with E-state index in [1.165, 1.54) is 6.42 Å². The van der Waals surface area contributed by atoms with Gasteiger partial charge >= 0.3 is 0 Å². The Morgan fingerprint density at radius 3 is 3.06 bits per heavy atom. The van der Waals surface area contributed by atoms with Crippen LogP contribution in [0.4, 0.5) is 0 Å². The van der Waals surface area contributed by atoms with Gasteiger partial charge in [-0.15, -0.1) is 13.0 Å². The Bertz CT molecular complexity index is 319. The first-order chi connectivity index (χ1) is 8.67. The van der Waals surface area contributed by atoms with Crippen molar-refractivity contribution in [2.75, 3.05) is 32.7 Å². The monoisotopic (exact) mass is 248 g/mol. The van der Waals surface area contributed by atoms with Crippen molar-refractivity contribution in [3.8, 4) is 12.3 Å². The average Bonchev–Trinajstić information content (AvgIpc) is 2.36. The Kier molecular flexibility index (Phi) is 6.53. The molecular weight excluding hydrogens is 224 g/mol. The zero-order valence-corrected chi connectivity index (χ0v) is 11.4. The Labute approximate surface area is 111 Å². The molecule has 1 rings (SSSR count). The van der Waals surface area contributed by atoms with Crippen LogP contribution < -0.4 is 0 Å². The number of likely N-dealkylation sites (tertiary alicyclic amines) is 1. The third kappa shape index (κ3) is 4.93. The summed E-state index contributed by atoms with van der Waals surface area (Å²) in [5, 5.41) is 0. The molecule has 0 aromatic rings. The summed E-state index contributed by atoms with van der Waals surface area (Å²) >= 11 is 0. The molecule has 0 aliphatic carbocycles. The van der Waals surface area contributed by atoms with Crippen molar-refractivity contribution < 1.29 is 4.79 Å². The lowest BCUT2D eigenvalue weighted by atomic mass is 10.00. The first-order valence-electron chi connectivity index (χ1n) is 6.71. The highest BCUT2D eigenvalue weighted by molar-refractivity contribution is 5.76. The lowest BCUT2D eigenvalue weighted by Crippen LogP contribution is -2.40. The van der Waals surface area contributed by atoms with Gasteiger partial charge < -0.3 is 4.90 Å². The van der Waals surface area contributed by atoms with Crippen LogP contribution in [0.25, 0.3) is 0 Å². The average molecular weight is 248 g/mol. The van der Waals surface area contributed by atoms with E-state index < -0.39 is 0 Å². The molecule has 1 aliphatic rings. The molecular formula is C15H24N2O. The lowest BCUT2D eigenvalue weighted by Gasteiger charge is -2.31. The summed E-state index contributed by atoms with van der Waals surface area (Å²) in [7, 11) is 0. The molecule has 1 fully saturated rings. The second kappa shape index (κ2) is 7.94. The predicted octanol–water partition coefficient (Wildman–Crippen LogP) is 1.76. The summed E-state index contributed by atoms with van der Waals surface area (Å²) in [5.74, 6) is 3.51. The topological polar surface area (TPSA) is 23.6 Å². The van der Waals surface area contributed by atoms with Gasteiger partial charge in [0.05, 0.1) is 6.54 Å². The van der Waals surface area contributed by atoms with E-state index in [1.54, 1.807) is 0 Å². The highest BCUT2D eigenvalue weighted by Gasteiger charge is 2.20. The number of nitrogens with zero attached hydrogens (tertiary/aromatic N) is 2. The van der Waals surface area contributed by atoms with Gasteiger partial charge in [-0.25, -0.2) is 0 Å². The molecule has 0 radical (unpaired) electrons. The van der Waals surface area contributed by atoms with Crippen LogP contribution in [0.5, 0.6) is 0 Å². The molecule has 1 unspecified atom stereocenters. The quantitative estimate of drug-likeness (QED) is 0.528. The number of hydrogen-bond acceptors (Lipinski definition) is 2. The molecule has 18 heavy (non-hydrogen) atoms. The van der Waals surface area contributed by atoms with E-state index in [-0.39, 0.29) is 5.91 Å². The molecule has 3 nitrogen and oxygen atoms in total. The largest absolute Gasteiger partial charge is 0.342 e. The van der Waals surface area contributed by atoms with Gasteiger partial charge in [-0.05, 0) is 18.8 Å². The molecule has 0 bridgehead atoms. The van der Waals surface area contributed by atoms with Gasteiger partial charge in [-0.2, -0.15) is 0 Å². The lowest BCUT2D eigenvalue weighted by molar-refractivity contribution is -0.133. The minimum Gasteiger partial charge on any atom is -0.342 e. The van der Waals surface area contributed by atoms with E-state index in [2.05, 4.69) is 24.3 Å². The van der Waals surface area contributed by atoms with Crippen molar-refractivity contribution in [2.45, 2.75) is 26.2 Å². The predicted molar refractivity (Wildman–Crippen MR) is 75.1 cm³/mol. The fraction of sp³-hybridized carbons (Fsp3) is 0.667. The third-order valence-electron chi connectivity index (χ3n) is 3.35. The van der Waals surface area contributed by atoms with Gasteiger partial charge in [0.25, 0.3) is 0 Å². The number of carbonyl (C=O) groups is 1. The van der Waals surface area contributed by atoms with Crippen molar-refractivity contribution in [1.82, 2.24) is 9.80 Å². The molecule has 1 saturated heterocycles. The van der Waals surface area contributed by atoms with Gasteiger partial charge in [0.15, 0.2) is 0 Å². The molecule has 1 heterocycles. The van der Waals surface area contributed by atoms with E-state index in [9.17, 15) is 4.79 Å². The van der Waals surface area contributed by atoms with Crippen LogP contribution in [0.1, 0.15) is 26.2 Å². The summed E-state index contributed by atoms with van der Waals surface area (Å²) in [5.41, 5.74) is 0. The van der Waals surface area contributed by atoms with Gasteiger partial charge in [0.2, 0.25) is 5.91 Å². The summed E-state index contributed by atoms with van der Waals surface area (Å²) in [6.07, 6.45) is 10.1. The summed E-state index contributed by atoms with van der Waals surface area (Å²) in [4.78, 5) is 16.1. The fourth-order valence-corrected chi connectivity index (χ4v) is 2.37. The molecule has 100 valence electrons. The normalized spacial score (nSPS) is 19.6. The zero-order chi connectivity index (χ0) is 13.4. The van der Waals surface area contributed by atoms with Crippen LogP contribution in [-0.2, 0) is 4.79 Å². The SMILES string of the molecule is C#CCN(CC=C)CCC(=O)N1CCCC(C)C1. The van der Waals surface area contributed by atoms with Crippen molar-refractivity contribution >= 4 is 5.91 Å². The van der Waals surface area contributed by atoms with Crippen LogP contribution in [-0.4, -0.2) is 48.4 Å². The van der Waals surface area contributed by atoms with Gasteiger partial charge in [-0.1, -0.05) is 18.9 Å². The van der Waals surface area contributed by atoms with Crippen molar-refractivity contribution in [2.24, 2.45) is 5.92 Å². The Morgan fingerprint density at radius 2 is 2.44 bits per heavy atom. The van der Waals surface area contributed by atoms with Crippen LogP contribution in [0, 0.1) is 18.3 Å². The van der Waals surface area contributed by atoms with E-state index >= 15 is 0 Å². The fourth-order valence-electron chi connectivity index (χ4n) is 2.37. The van der Waals surface area contributed by atoms with Gasteiger partial charge in [0, 0.05) is 32.6 Å². The second-order valence-electron chi connectivity index (χ2n) is 5.07. The number of amides is 1. The zero-order valence-electron chi connectivity index (χ0n) is 11.4. The van der Waals surface area contributed by atoms with Crippen molar-refractivity contribution in [1.29, 1.82) is 0 Å². The number of hydrogen-bond donors (Lipinski definition) is 0. The maximum Gasteiger partial charge on any atom is 0.223 e. The molecule has 0 aromatic carbocycles. The minimum atomic E-state index is 0.257. The molecule has 1 aliphatic heterocycles. The van der Waals surface area contributed by atoms with Crippen LogP contribution in [0.15, 0.2) is 12.7 Å². The summed E-state index contributed by atoms with van der Waals surface area (Å²) in [6, 6.07) is 0. The molecule has 0 aromatic heterocycles. The molecule has 0 spiro atoms. The number of terminal acetylenes is 1. The van der Waals surface area contributed by atoms with Crippen LogP contribution in [0.3, 0.4) is 0 Å². The molecule has 1 atom stereocenters. The first kappa shape index (κ1) is 14.8. The molecule has 0 N–H and O–H groups in total. The van der Waals surface area contributed by atoms with E-state index in [1.807, 2.05) is 11.0 Å². The standard InChI is InChI=1S/C15H24N2O/c1-4-9-16(10-5-2)12-8-15(18)17-11-6-7-14(3)13-17/h1,5,14H,2,6-13H2,3H3. The van der Waals surface area contributed by atoms with E-state index in [4.69, 9.17) is 6.42 Å². The molecule has 0 saturated carbocycles. The smallest absolute Gasteiger partial charge is 0.223 e. The van der Waals surface area contributed by atoms with Crippen molar-refractivity contribution in [3.05, 3.63) is 12.7 Å². The maximum atomic E-state index is 12.1. The van der Waals surface area contributed by atoms with Crippen molar-refractivity contribution in [3.63, 3.8) is 0 Å². The maximum absolute atomic E-state index is 12.1. The Morgan fingerprint density at radius 1 is 1.67 bits per heavy atom. The highest BCUT2D eigenvalue weighted by Crippen LogP contribution is 2.16. The third-order valence-corrected chi connectivity index (χ3v) is 3.35. The number of piperidine rings is 1. The minimum absolute atomic E-state index is 0.257. The molecule has 1 amide bonds. The summed E-state index contributed by atoms with van der Waals surface area (Å²) < 4.78 is 0. The van der Waals surface area contributed by atoms with Gasteiger partial charge in [0.1, 0.15) is 0 Å². The summed E-state index contributed by atoms with van der Waals surface area (Å²) in [6.45, 7) is 9.79. The van der Waals surface area contributed by atoms with Gasteiger partial charge in [-0.3, -0.25) is 9.69 Å². The second-order valence-corrected chi connectivity index (χ2v) is 5.07. The number of carbonyl (C=O) groups excluding carboxylic acids is 1. The van der Waals surface area contributed by atoms with E-state index in [0.717, 1.165) is 32.6 Å². The Balaban J connectivity index is 2.34. The Hall–Kier alpha value is -1.27.